The molecule has 1 fully saturated rings. The molecule has 0 aromatic rings. The van der Waals surface area contributed by atoms with Crippen LogP contribution < -0.4 is 5.73 Å². The molecule has 0 saturated carbocycles. The Morgan fingerprint density at radius 3 is 2.71 bits per heavy atom. The van der Waals surface area contributed by atoms with Gasteiger partial charge in [0.25, 0.3) is 0 Å². The molecule has 7 heteroatoms. The topological polar surface area (TPSA) is 80.5 Å². The fourth-order valence-corrected chi connectivity index (χ4v) is 3.32. The van der Waals surface area contributed by atoms with Crippen LogP contribution in [0.25, 0.3) is 0 Å². The van der Waals surface area contributed by atoms with Gasteiger partial charge in [0, 0.05) is 13.1 Å². The van der Waals surface area contributed by atoms with Crippen LogP contribution in [0.4, 0.5) is 0 Å². The molecule has 1 rings (SSSR count). The first-order valence-electron chi connectivity index (χ1n) is 4.30. The van der Waals surface area contributed by atoms with Crippen LogP contribution in [0.1, 0.15) is 12.8 Å². The normalized spacial score (nSPS) is 24.8. The number of nitrogens with zero attached hydrogens (tertiary/aromatic N) is 1. The number of nitrogens with two attached hydrogens (primary N) is 1. The molecular weight excluding hydrogens is 272 g/mol. The van der Waals surface area contributed by atoms with E-state index in [1.807, 2.05) is 0 Å². The zero-order chi connectivity index (χ0) is 10.8. The molecule has 2 N–H and O–H groups in total. The van der Waals surface area contributed by atoms with Crippen molar-refractivity contribution in [1.29, 1.82) is 0 Å². The molecule has 0 spiro atoms. The number of hydrogen-bond acceptors (Lipinski definition) is 3. The van der Waals surface area contributed by atoms with E-state index in [1.54, 1.807) is 0 Å². The van der Waals surface area contributed by atoms with E-state index in [-0.39, 0.29) is 17.1 Å². The summed E-state index contributed by atoms with van der Waals surface area (Å²) in [6, 6.07) is 0. The lowest BCUT2D eigenvalue weighted by Gasteiger charge is -2.29. The van der Waals surface area contributed by atoms with Crippen LogP contribution >= 0.6 is 15.9 Å². The Morgan fingerprint density at radius 1 is 1.57 bits per heavy atom. The Morgan fingerprint density at radius 2 is 2.21 bits per heavy atom. The summed E-state index contributed by atoms with van der Waals surface area (Å²) >= 11 is 2.92. The van der Waals surface area contributed by atoms with Crippen molar-refractivity contribution in [3.63, 3.8) is 0 Å². The van der Waals surface area contributed by atoms with Crippen LogP contribution in [0.15, 0.2) is 0 Å². The highest BCUT2D eigenvalue weighted by molar-refractivity contribution is 9.10. The van der Waals surface area contributed by atoms with Gasteiger partial charge in [-0.25, -0.2) is 12.7 Å². The van der Waals surface area contributed by atoms with Gasteiger partial charge in [-0.05, 0) is 12.8 Å². The number of carbonyl (C=O) groups excluding carboxylic acids is 1. The van der Waals surface area contributed by atoms with Gasteiger partial charge in [-0.3, -0.25) is 4.79 Å². The van der Waals surface area contributed by atoms with Crippen molar-refractivity contribution in [3.8, 4) is 0 Å². The van der Waals surface area contributed by atoms with E-state index in [0.29, 0.717) is 19.4 Å². The summed E-state index contributed by atoms with van der Waals surface area (Å²) in [5.74, 6) is -0.753. The monoisotopic (exact) mass is 284 g/mol. The molecule has 0 bridgehead atoms. The van der Waals surface area contributed by atoms with Crippen LogP contribution in [0, 0.1) is 5.92 Å². The number of rotatable bonds is 3. The summed E-state index contributed by atoms with van der Waals surface area (Å²) in [4.78, 5) is 10.9. The number of sulfonamides is 1. The Labute approximate surface area is 91.8 Å². The Kier molecular flexibility index (Phi) is 3.91. The average molecular weight is 285 g/mol. The number of hydrogen-bond donors (Lipinski definition) is 1. The lowest BCUT2D eigenvalue weighted by Crippen LogP contribution is -2.44. The summed E-state index contributed by atoms with van der Waals surface area (Å²) in [5.41, 5.74) is 5.14. The molecule has 1 amide bonds. The van der Waals surface area contributed by atoms with E-state index < -0.39 is 15.9 Å². The Bertz CT molecular complexity index is 317. The summed E-state index contributed by atoms with van der Waals surface area (Å²) in [6.07, 6.45) is 1.38. The van der Waals surface area contributed by atoms with Crippen molar-refractivity contribution in [1.82, 2.24) is 4.31 Å². The summed E-state index contributed by atoms with van der Waals surface area (Å²) in [6.45, 7) is 0.709. The molecule has 1 aliphatic rings. The minimum atomic E-state index is -3.25. The third kappa shape index (κ3) is 2.68. The first kappa shape index (κ1) is 11.9. The quantitative estimate of drug-likeness (QED) is 0.733. The maximum absolute atomic E-state index is 11.4. The largest absolute Gasteiger partial charge is 0.369 e. The van der Waals surface area contributed by atoms with Gasteiger partial charge in [0.2, 0.25) is 15.9 Å². The van der Waals surface area contributed by atoms with Gasteiger partial charge in [-0.15, -0.1) is 0 Å². The Hall–Kier alpha value is -0.140. The fourth-order valence-electron chi connectivity index (χ4n) is 1.50. The minimum absolute atomic E-state index is 0.106. The first-order chi connectivity index (χ1) is 6.47. The average Bonchev–Trinajstić information content (AvgIpc) is 2.18. The summed E-state index contributed by atoms with van der Waals surface area (Å²) < 4.78 is 24.1. The molecule has 0 aromatic carbocycles. The van der Waals surface area contributed by atoms with E-state index >= 15 is 0 Å². The lowest BCUT2D eigenvalue weighted by atomic mass is 9.99. The van der Waals surface area contributed by atoms with E-state index in [9.17, 15) is 13.2 Å². The molecule has 0 aromatic heterocycles. The maximum atomic E-state index is 11.4. The van der Waals surface area contributed by atoms with Gasteiger partial charge in [0.1, 0.15) is 4.66 Å². The number of halogens is 1. The standard InChI is InChI=1S/C7H13BrN2O3S/c8-5-14(12,13)10-3-1-2-6(4-10)7(9)11/h6H,1-5H2,(H2,9,11). The number of amides is 1. The molecule has 5 nitrogen and oxygen atoms in total. The smallest absolute Gasteiger partial charge is 0.224 e. The summed E-state index contributed by atoms with van der Waals surface area (Å²) in [7, 11) is -3.25. The third-order valence-corrected chi connectivity index (χ3v) is 5.45. The van der Waals surface area contributed by atoms with E-state index in [4.69, 9.17) is 5.73 Å². The second kappa shape index (κ2) is 4.59. The first-order valence-corrected chi connectivity index (χ1v) is 7.03. The Balaban J connectivity index is 2.70. The number of primary amides is 1. The predicted molar refractivity (Wildman–Crippen MR) is 56.2 cm³/mol. The fraction of sp³-hybridized carbons (Fsp3) is 0.857. The van der Waals surface area contributed by atoms with E-state index in [2.05, 4.69) is 15.9 Å². The lowest BCUT2D eigenvalue weighted by molar-refractivity contribution is -0.122. The molecule has 14 heavy (non-hydrogen) atoms. The number of carbonyl (C=O) groups is 1. The van der Waals surface area contributed by atoms with E-state index in [1.165, 1.54) is 4.31 Å². The molecular formula is C7H13BrN2O3S. The third-order valence-electron chi connectivity index (χ3n) is 2.32. The van der Waals surface area contributed by atoms with Crippen LogP contribution in [0.3, 0.4) is 0 Å². The molecule has 1 saturated heterocycles. The molecule has 1 unspecified atom stereocenters. The van der Waals surface area contributed by atoms with E-state index in [0.717, 1.165) is 0 Å². The molecule has 0 radical (unpaired) electrons. The second-order valence-corrected chi connectivity index (χ2v) is 6.59. The predicted octanol–water partition coefficient (Wildman–Crippen LogP) is -0.134. The molecule has 1 atom stereocenters. The maximum Gasteiger partial charge on any atom is 0.224 e. The van der Waals surface area contributed by atoms with Gasteiger partial charge < -0.3 is 5.73 Å². The zero-order valence-corrected chi connectivity index (χ0v) is 10.1. The molecule has 1 heterocycles. The summed E-state index contributed by atoms with van der Waals surface area (Å²) in [5, 5.41) is 0. The van der Waals surface area contributed by atoms with Crippen molar-refractivity contribution in [2.24, 2.45) is 11.7 Å². The van der Waals surface area contributed by atoms with Crippen LogP contribution in [-0.4, -0.2) is 36.4 Å². The van der Waals surface area contributed by atoms with Crippen molar-refractivity contribution < 1.29 is 13.2 Å². The number of piperidine rings is 1. The van der Waals surface area contributed by atoms with Crippen LogP contribution in [0.5, 0.6) is 0 Å². The molecule has 82 valence electrons. The van der Waals surface area contributed by atoms with Crippen molar-refractivity contribution >= 4 is 31.9 Å². The highest BCUT2D eigenvalue weighted by Gasteiger charge is 2.30. The second-order valence-electron chi connectivity index (χ2n) is 3.32. The van der Waals surface area contributed by atoms with Gasteiger partial charge in [0.15, 0.2) is 0 Å². The van der Waals surface area contributed by atoms with Gasteiger partial charge in [-0.2, -0.15) is 0 Å². The highest BCUT2D eigenvalue weighted by atomic mass is 79.9. The molecule has 0 aliphatic carbocycles. The van der Waals surface area contributed by atoms with Crippen molar-refractivity contribution in [2.75, 3.05) is 17.8 Å². The minimum Gasteiger partial charge on any atom is -0.369 e. The van der Waals surface area contributed by atoms with Crippen LogP contribution in [-0.2, 0) is 14.8 Å². The van der Waals surface area contributed by atoms with Gasteiger partial charge >= 0.3 is 0 Å². The van der Waals surface area contributed by atoms with Crippen LogP contribution in [0.2, 0.25) is 0 Å². The van der Waals surface area contributed by atoms with Gasteiger partial charge in [0.05, 0.1) is 5.92 Å². The SMILES string of the molecule is NC(=O)C1CCCN(S(=O)(=O)CBr)C1. The zero-order valence-electron chi connectivity index (χ0n) is 7.65. The van der Waals surface area contributed by atoms with Gasteiger partial charge in [-0.1, -0.05) is 15.9 Å². The number of alkyl halides is 1. The van der Waals surface area contributed by atoms with Crippen molar-refractivity contribution in [3.05, 3.63) is 0 Å². The highest BCUT2D eigenvalue weighted by Crippen LogP contribution is 2.19. The van der Waals surface area contributed by atoms with Crippen molar-refractivity contribution in [2.45, 2.75) is 12.8 Å². The molecule has 1 aliphatic heterocycles.